The summed E-state index contributed by atoms with van der Waals surface area (Å²) < 4.78 is 0. The van der Waals surface area contributed by atoms with Crippen molar-refractivity contribution in [3.8, 4) is 0 Å². The second-order valence-electron chi connectivity index (χ2n) is 8.31. The molecule has 0 bridgehead atoms. The van der Waals surface area contributed by atoms with Crippen molar-refractivity contribution in [3.05, 3.63) is 53.9 Å². The Morgan fingerprint density at radius 3 is 2.55 bits per heavy atom. The fourth-order valence-electron chi connectivity index (χ4n) is 4.51. The maximum Gasteiger partial charge on any atom is 0.319 e. The van der Waals surface area contributed by atoms with Crippen LogP contribution < -0.4 is 15.5 Å². The van der Waals surface area contributed by atoms with Gasteiger partial charge in [-0.2, -0.15) is 0 Å². The lowest BCUT2D eigenvalue weighted by Gasteiger charge is -2.24. The predicted octanol–water partition coefficient (Wildman–Crippen LogP) is 5.78. The Morgan fingerprint density at radius 1 is 1.10 bits per heavy atom. The van der Waals surface area contributed by atoms with Gasteiger partial charge in [0.1, 0.15) is 5.82 Å². The van der Waals surface area contributed by atoms with Crippen molar-refractivity contribution in [2.24, 2.45) is 0 Å². The number of amides is 2. The minimum absolute atomic E-state index is 0.205. The molecule has 2 aromatic carbocycles. The smallest absolute Gasteiger partial charge is 0.319 e. The Labute approximate surface area is 184 Å². The van der Waals surface area contributed by atoms with Gasteiger partial charge in [0.25, 0.3) is 0 Å². The molecular weight excluding hydrogens is 386 g/mol. The van der Waals surface area contributed by atoms with Crippen molar-refractivity contribution in [2.75, 3.05) is 23.3 Å². The Kier molecular flexibility index (Phi) is 6.75. The first-order valence-electron chi connectivity index (χ1n) is 11.5. The fraction of sp³-hybridized carbons (Fsp3) is 0.440. The number of fused-ring (bicyclic) bond motifs is 1. The maximum atomic E-state index is 12.7. The summed E-state index contributed by atoms with van der Waals surface area (Å²) in [5.74, 6) is 1.61. The van der Waals surface area contributed by atoms with Gasteiger partial charge in [0.2, 0.25) is 0 Å². The lowest BCUT2D eigenvalue weighted by Crippen LogP contribution is -2.30. The largest absolute Gasteiger partial charge is 0.370 e. The zero-order valence-corrected chi connectivity index (χ0v) is 18.6. The number of aromatic nitrogens is 2. The first kappa shape index (κ1) is 21.2. The molecule has 0 saturated heterocycles. The molecule has 1 aliphatic carbocycles. The van der Waals surface area contributed by atoms with E-state index in [1.165, 1.54) is 32.1 Å². The summed E-state index contributed by atoms with van der Waals surface area (Å²) in [6.07, 6.45) is 6.29. The van der Waals surface area contributed by atoms with E-state index in [2.05, 4.69) is 40.4 Å². The summed E-state index contributed by atoms with van der Waals surface area (Å²) in [5, 5.41) is 6.03. The summed E-state index contributed by atoms with van der Waals surface area (Å²) in [7, 11) is 0. The van der Waals surface area contributed by atoms with Crippen LogP contribution in [0.2, 0.25) is 0 Å². The van der Waals surface area contributed by atoms with Gasteiger partial charge in [0.05, 0.1) is 22.4 Å². The minimum atomic E-state index is -0.205. The van der Waals surface area contributed by atoms with E-state index in [-0.39, 0.29) is 6.03 Å². The molecule has 164 valence electrons. The first-order valence-corrected chi connectivity index (χ1v) is 11.5. The second-order valence-corrected chi connectivity index (χ2v) is 8.31. The van der Waals surface area contributed by atoms with Crippen LogP contribution in [-0.2, 0) is 6.54 Å². The third kappa shape index (κ3) is 5.01. The zero-order valence-electron chi connectivity index (χ0n) is 18.6. The van der Waals surface area contributed by atoms with Crippen molar-refractivity contribution in [1.29, 1.82) is 0 Å². The standard InChI is InChI=1S/C25H33N5O/c1-3-30(4-2)23-16-21-20(27-24(28-21)19-13-9-6-10-14-19)15-22(23)29-25(31)26-17-18-11-7-5-8-12-18/h5,7-8,11-12,15-16,19H,3-4,6,9-10,13-14,17H2,1-2H3,(H,27,28)(H2,26,29,31). The van der Waals surface area contributed by atoms with E-state index in [1.807, 2.05) is 36.4 Å². The number of nitrogens with zero attached hydrogens (tertiary/aromatic N) is 2. The number of imidazole rings is 1. The molecular formula is C25H33N5O. The number of benzene rings is 2. The lowest BCUT2D eigenvalue weighted by molar-refractivity contribution is 0.251. The summed E-state index contributed by atoms with van der Waals surface area (Å²) in [5.41, 5.74) is 4.84. The van der Waals surface area contributed by atoms with Crippen LogP contribution in [0.5, 0.6) is 0 Å². The van der Waals surface area contributed by atoms with Gasteiger partial charge < -0.3 is 20.5 Å². The van der Waals surface area contributed by atoms with E-state index < -0.39 is 0 Å². The highest BCUT2D eigenvalue weighted by Crippen LogP contribution is 2.35. The number of nitrogens with one attached hydrogen (secondary N) is 3. The molecule has 0 atom stereocenters. The number of urea groups is 1. The molecule has 31 heavy (non-hydrogen) atoms. The number of hydrogen-bond acceptors (Lipinski definition) is 3. The monoisotopic (exact) mass is 419 g/mol. The highest BCUT2D eigenvalue weighted by Gasteiger charge is 2.20. The first-order chi connectivity index (χ1) is 15.2. The highest BCUT2D eigenvalue weighted by molar-refractivity contribution is 5.97. The van der Waals surface area contributed by atoms with Gasteiger partial charge in [0.15, 0.2) is 0 Å². The number of carbonyl (C=O) groups is 1. The number of carbonyl (C=O) groups excluding carboxylic acids is 1. The Morgan fingerprint density at radius 2 is 1.84 bits per heavy atom. The molecule has 0 aliphatic heterocycles. The summed E-state index contributed by atoms with van der Waals surface area (Å²) in [6.45, 7) is 6.48. The van der Waals surface area contributed by atoms with Gasteiger partial charge in [-0.05, 0) is 44.4 Å². The molecule has 1 heterocycles. The van der Waals surface area contributed by atoms with E-state index in [4.69, 9.17) is 4.98 Å². The van der Waals surface area contributed by atoms with E-state index in [0.29, 0.717) is 12.5 Å². The van der Waals surface area contributed by atoms with Crippen LogP contribution in [0.15, 0.2) is 42.5 Å². The van der Waals surface area contributed by atoms with Gasteiger partial charge in [-0.1, -0.05) is 49.6 Å². The van der Waals surface area contributed by atoms with Crippen LogP contribution >= 0.6 is 0 Å². The predicted molar refractivity (Wildman–Crippen MR) is 128 cm³/mol. The van der Waals surface area contributed by atoms with Crippen molar-refractivity contribution in [3.63, 3.8) is 0 Å². The molecule has 6 nitrogen and oxygen atoms in total. The van der Waals surface area contributed by atoms with E-state index in [9.17, 15) is 4.79 Å². The van der Waals surface area contributed by atoms with Gasteiger partial charge in [-0.3, -0.25) is 0 Å². The fourth-order valence-corrected chi connectivity index (χ4v) is 4.51. The topological polar surface area (TPSA) is 73.0 Å². The van der Waals surface area contributed by atoms with Crippen LogP contribution in [0.1, 0.15) is 63.3 Å². The minimum Gasteiger partial charge on any atom is -0.370 e. The summed E-state index contributed by atoms with van der Waals surface area (Å²) in [4.78, 5) is 23.4. The number of hydrogen-bond donors (Lipinski definition) is 3. The number of aromatic amines is 1. The number of rotatable bonds is 7. The second kappa shape index (κ2) is 9.86. The molecule has 1 aliphatic rings. The van der Waals surface area contributed by atoms with Gasteiger partial charge in [-0.25, -0.2) is 9.78 Å². The Balaban J connectivity index is 1.58. The van der Waals surface area contributed by atoms with E-state index in [0.717, 1.165) is 46.9 Å². The van der Waals surface area contributed by atoms with Crippen molar-refractivity contribution < 1.29 is 4.79 Å². The van der Waals surface area contributed by atoms with Gasteiger partial charge >= 0.3 is 6.03 Å². The Hall–Kier alpha value is -3.02. The van der Waals surface area contributed by atoms with Crippen LogP contribution in [0, 0.1) is 0 Å². The van der Waals surface area contributed by atoms with Crippen LogP contribution in [0.3, 0.4) is 0 Å². The van der Waals surface area contributed by atoms with E-state index >= 15 is 0 Å². The SMILES string of the molecule is CCN(CC)c1cc2nc(C3CCCCC3)[nH]c2cc1NC(=O)NCc1ccccc1. The average Bonchev–Trinajstić information content (AvgIpc) is 3.23. The molecule has 0 radical (unpaired) electrons. The average molecular weight is 420 g/mol. The maximum absolute atomic E-state index is 12.7. The summed E-state index contributed by atoms with van der Waals surface area (Å²) >= 11 is 0. The molecule has 0 spiro atoms. The van der Waals surface area contributed by atoms with Gasteiger partial charge in [-0.15, -0.1) is 0 Å². The highest BCUT2D eigenvalue weighted by atomic mass is 16.2. The number of anilines is 2. The molecule has 3 aromatic rings. The number of H-pyrrole nitrogens is 1. The summed E-state index contributed by atoms with van der Waals surface area (Å²) in [6, 6.07) is 13.9. The molecule has 1 fully saturated rings. The third-order valence-electron chi connectivity index (χ3n) is 6.26. The van der Waals surface area contributed by atoms with Crippen molar-refractivity contribution in [1.82, 2.24) is 15.3 Å². The van der Waals surface area contributed by atoms with Crippen LogP contribution in [0.25, 0.3) is 11.0 Å². The van der Waals surface area contributed by atoms with E-state index in [1.54, 1.807) is 0 Å². The zero-order chi connectivity index (χ0) is 21.6. The molecule has 4 rings (SSSR count). The van der Waals surface area contributed by atoms with Crippen molar-refractivity contribution in [2.45, 2.75) is 58.4 Å². The van der Waals surface area contributed by atoms with Gasteiger partial charge in [0, 0.05) is 25.6 Å². The third-order valence-corrected chi connectivity index (χ3v) is 6.26. The Bertz CT molecular complexity index is 1000. The molecule has 3 N–H and O–H groups in total. The molecule has 6 heteroatoms. The lowest BCUT2D eigenvalue weighted by atomic mass is 9.89. The molecule has 0 unspecified atom stereocenters. The molecule has 1 aromatic heterocycles. The molecule has 1 saturated carbocycles. The van der Waals surface area contributed by atoms with Crippen LogP contribution in [0.4, 0.5) is 16.2 Å². The van der Waals surface area contributed by atoms with Crippen LogP contribution in [-0.4, -0.2) is 29.1 Å². The molecule has 2 amide bonds. The quantitative estimate of drug-likeness (QED) is 0.454. The normalized spacial score (nSPS) is 14.5. The van der Waals surface area contributed by atoms with Crippen molar-refractivity contribution >= 4 is 28.4 Å².